The molecule has 11 nitrogen and oxygen atoms in total. The zero-order valence-corrected chi connectivity index (χ0v) is 27.8. The topological polar surface area (TPSA) is 142 Å². The number of halogens is 4. The van der Waals surface area contributed by atoms with E-state index in [0.29, 0.717) is 11.1 Å². The van der Waals surface area contributed by atoms with Gasteiger partial charge in [0.1, 0.15) is 17.4 Å². The van der Waals surface area contributed by atoms with Crippen LogP contribution in [0.5, 0.6) is 17.2 Å². The van der Waals surface area contributed by atoms with Crippen LogP contribution in [-0.2, 0) is 26.0 Å². The highest BCUT2D eigenvalue weighted by Gasteiger charge is 2.42. The van der Waals surface area contributed by atoms with Gasteiger partial charge in [-0.05, 0) is 60.2 Å². The van der Waals surface area contributed by atoms with Gasteiger partial charge in [0.15, 0.2) is 16.9 Å². The molecule has 17 heteroatoms. The number of alkyl halides is 2. The van der Waals surface area contributed by atoms with Gasteiger partial charge in [-0.1, -0.05) is 29.3 Å². The first kappa shape index (κ1) is 35.0. The number of thioether (sulfide) groups is 1. The minimum absolute atomic E-state index is 0.0101. The molecule has 2 fully saturated rings. The molecular formula is C30H28Cl2F2N2O9S2. The van der Waals surface area contributed by atoms with Gasteiger partial charge >= 0.3 is 18.6 Å². The van der Waals surface area contributed by atoms with Crippen LogP contribution in [0.1, 0.15) is 40.4 Å². The molecule has 47 heavy (non-hydrogen) atoms. The van der Waals surface area contributed by atoms with Crippen LogP contribution in [0, 0.1) is 5.92 Å². The maximum atomic E-state index is 13.8. The molecule has 0 amide bonds. The van der Waals surface area contributed by atoms with E-state index in [4.69, 9.17) is 37.4 Å². The summed E-state index contributed by atoms with van der Waals surface area (Å²) < 4.78 is 76.1. The molecule has 1 aliphatic heterocycles. The number of benzene rings is 2. The summed E-state index contributed by atoms with van der Waals surface area (Å²) in [4.78, 5) is 29.1. The van der Waals surface area contributed by atoms with E-state index in [9.17, 15) is 31.9 Å². The maximum Gasteiger partial charge on any atom is 0.387 e. The predicted molar refractivity (Wildman–Crippen MR) is 168 cm³/mol. The van der Waals surface area contributed by atoms with Crippen molar-refractivity contribution in [3.8, 4) is 17.2 Å². The first-order valence-electron chi connectivity index (χ1n) is 14.1. The van der Waals surface area contributed by atoms with Crippen molar-refractivity contribution in [2.75, 3.05) is 26.0 Å². The summed E-state index contributed by atoms with van der Waals surface area (Å²) in [5, 5.41) is 8.57. The van der Waals surface area contributed by atoms with Crippen molar-refractivity contribution in [1.82, 2.24) is 9.29 Å². The molecule has 0 bridgehead atoms. The number of pyridine rings is 1. The van der Waals surface area contributed by atoms with Gasteiger partial charge in [0.05, 0.1) is 28.7 Å². The predicted octanol–water partition coefficient (Wildman–Crippen LogP) is 6.08. The number of carbonyl (C=O) groups is 2. The molecule has 2 aromatic carbocycles. The van der Waals surface area contributed by atoms with Gasteiger partial charge in [0.2, 0.25) is 10.0 Å². The quantitative estimate of drug-likeness (QED) is 0.193. The second-order valence-corrected chi connectivity index (χ2v) is 14.4. The summed E-state index contributed by atoms with van der Waals surface area (Å²) in [6, 6.07) is 7.48. The molecule has 1 aromatic heterocycles. The number of hydrogen-bond donors (Lipinski definition) is 1. The largest absolute Gasteiger partial charge is 0.496 e. The number of carboxylic acid groups (broad SMARTS) is 1. The van der Waals surface area contributed by atoms with Gasteiger partial charge < -0.3 is 24.1 Å². The minimum Gasteiger partial charge on any atom is -0.496 e. The summed E-state index contributed by atoms with van der Waals surface area (Å²) in [5.41, 5.74) is 0.315. The van der Waals surface area contributed by atoms with E-state index in [1.807, 2.05) is 0 Å². The highest BCUT2D eigenvalue weighted by Crippen LogP contribution is 2.39. The smallest absolute Gasteiger partial charge is 0.387 e. The minimum atomic E-state index is -4.39. The first-order valence-corrected chi connectivity index (χ1v) is 17.4. The van der Waals surface area contributed by atoms with Gasteiger partial charge in [-0.15, -0.1) is 11.8 Å². The molecule has 1 saturated heterocycles. The molecule has 2 heterocycles. The Balaban J connectivity index is 1.47. The second kappa shape index (κ2) is 14.8. The third kappa shape index (κ3) is 8.20. The van der Waals surface area contributed by atoms with Crippen molar-refractivity contribution in [2.24, 2.45) is 5.92 Å². The molecular weight excluding hydrogens is 705 g/mol. The summed E-state index contributed by atoms with van der Waals surface area (Å²) in [6.07, 6.45) is 3.36. The van der Waals surface area contributed by atoms with E-state index in [2.05, 4.69) is 9.72 Å². The van der Waals surface area contributed by atoms with Crippen LogP contribution in [-0.4, -0.2) is 72.8 Å². The highest BCUT2D eigenvalue weighted by molar-refractivity contribution is 8.02. The van der Waals surface area contributed by atoms with Crippen LogP contribution in [0.15, 0.2) is 53.7 Å². The molecule has 3 aromatic rings. The Morgan fingerprint density at radius 2 is 1.79 bits per heavy atom. The Labute approximate surface area is 283 Å². The van der Waals surface area contributed by atoms with Crippen molar-refractivity contribution in [3.05, 3.63) is 75.5 Å². The lowest BCUT2D eigenvalue weighted by molar-refractivity contribution is -0.150. The van der Waals surface area contributed by atoms with Crippen molar-refractivity contribution in [1.29, 1.82) is 0 Å². The molecule has 0 radical (unpaired) electrons. The van der Waals surface area contributed by atoms with Crippen LogP contribution in [0.4, 0.5) is 8.78 Å². The molecule has 2 atom stereocenters. The van der Waals surface area contributed by atoms with Gasteiger partial charge in [-0.25, -0.2) is 18.0 Å². The van der Waals surface area contributed by atoms with E-state index in [1.165, 1.54) is 49.8 Å². The number of nitrogens with zero attached hydrogens (tertiary/aromatic N) is 2. The molecule has 2 aliphatic rings. The molecule has 1 saturated carbocycles. The summed E-state index contributed by atoms with van der Waals surface area (Å²) >= 11 is 13.8. The summed E-state index contributed by atoms with van der Waals surface area (Å²) in [5.74, 6) is -2.04. The normalized spacial score (nSPS) is 17.4. The lowest BCUT2D eigenvalue weighted by atomic mass is 10.0. The van der Waals surface area contributed by atoms with E-state index in [0.717, 1.165) is 35.0 Å². The van der Waals surface area contributed by atoms with Crippen LogP contribution < -0.4 is 14.2 Å². The molecule has 0 spiro atoms. The van der Waals surface area contributed by atoms with Gasteiger partial charge in [0, 0.05) is 31.1 Å². The number of aromatic carboxylic acids is 1. The average molecular weight is 734 g/mol. The fraction of sp³-hybridized carbons (Fsp3) is 0.367. The van der Waals surface area contributed by atoms with E-state index < -0.39 is 40.1 Å². The number of hydrogen-bond acceptors (Lipinski definition) is 10. The molecule has 1 unspecified atom stereocenters. The van der Waals surface area contributed by atoms with E-state index in [-0.39, 0.29) is 69.0 Å². The third-order valence-corrected chi connectivity index (χ3v) is 11.2. The number of carboxylic acids is 1. The Bertz CT molecular complexity index is 1740. The number of sulfonamides is 1. The average Bonchev–Trinajstić information content (AvgIpc) is 3.72. The Morgan fingerprint density at radius 1 is 1.09 bits per heavy atom. The van der Waals surface area contributed by atoms with Crippen LogP contribution in [0.2, 0.25) is 10.0 Å². The number of methoxy groups -OCH3 is 1. The first-order chi connectivity index (χ1) is 22.4. The number of ether oxygens (including phenoxy) is 4. The van der Waals surface area contributed by atoms with E-state index >= 15 is 0 Å². The van der Waals surface area contributed by atoms with Crippen LogP contribution in [0.3, 0.4) is 0 Å². The lowest BCUT2D eigenvalue weighted by Gasteiger charge is -2.26. The second-order valence-electron chi connectivity index (χ2n) is 10.6. The highest BCUT2D eigenvalue weighted by atomic mass is 35.5. The number of carbonyl (C=O) groups excluding carboxylic acids is 1. The lowest BCUT2D eigenvalue weighted by Crippen LogP contribution is -2.40. The van der Waals surface area contributed by atoms with Gasteiger partial charge in [-0.2, -0.15) is 13.1 Å². The molecule has 252 valence electrons. The van der Waals surface area contributed by atoms with Crippen molar-refractivity contribution in [2.45, 2.75) is 42.2 Å². The van der Waals surface area contributed by atoms with Crippen molar-refractivity contribution < 1.29 is 50.8 Å². The Morgan fingerprint density at radius 3 is 2.43 bits per heavy atom. The zero-order valence-electron chi connectivity index (χ0n) is 24.6. The van der Waals surface area contributed by atoms with Gasteiger partial charge in [0.25, 0.3) is 0 Å². The molecule has 5 rings (SSSR count). The van der Waals surface area contributed by atoms with E-state index in [1.54, 1.807) is 0 Å². The SMILES string of the molecule is COc1ccc(S(=O)(=O)N2CCSC2C(=O)O[C@@H](Cc2c(Cl)cncc2Cl)c2ccc(OC(F)F)c(OCC3CC3)c2)cc1C(=O)O. The van der Waals surface area contributed by atoms with Gasteiger partial charge in [-0.3, -0.25) is 4.98 Å². The van der Waals surface area contributed by atoms with Crippen molar-refractivity contribution in [3.63, 3.8) is 0 Å². The monoisotopic (exact) mass is 732 g/mol. The van der Waals surface area contributed by atoms with Crippen molar-refractivity contribution >= 4 is 56.9 Å². The fourth-order valence-corrected chi connectivity index (χ4v) is 8.40. The number of rotatable bonds is 14. The fourth-order valence-electron chi connectivity index (χ4n) is 4.80. The molecule has 1 aliphatic carbocycles. The standard InChI is InChI=1S/C30H28Cl2F2N2O9S2/c1-42-23-7-5-18(11-20(23)28(37)38)47(40,41)36-8-9-46-27(36)29(39)44-25(12-19-21(31)13-35-14-22(19)32)17-4-6-24(45-30(33)34)26(10-17)43-15-16-2-3-16/h4-7,10-11,13-14,16,25,27,30H,2-3,8-9,12,15H2,1H3,(H,37,38)/t25-,27?/m0/s1. The zero-order chi connectivity index (χ0) is 33.9. The Hall–Kier alpha value is -3.37. The van der Waals surface area contributed by atoms with Crippen LogP contribution in [0.25, 0.3) is 0 Å². The molecule has 1 N–H and O–H groups in total. The summed E-state index contributed by atoms with van der Waals surface area (Å²) in [6.45, 7) is -2.90. The Kier molecular flexibility index (Phi) is 11.0. The third-order valence-electron chi connectivity index (χ3n) is 7.39. The number of esters is 1. The maximum absolute atomic E-state index is 13.8. The number of aromatic nitrogens is 1. The van der Waals surface area contributed by atoms with Crippen LogP contribution >= 0.6 is 35.0 Å². The summed E-state index contributed by atoms with van der Waals surface area (Å²) in [7, 11) is -3.13.